The summed E-state index contributed by atoms with van der Waals surface area (Å²) >= 11 is -0.627. The Balaban J connectivity index is 0.00000392. The number of rotatable bonds is 14. The molecular formula is C26H42Cl2Zr. The molecule has 0 nitrogen and oxygen atoms in total. The molecule has 0 saturated carbocycles. The maximum absolute atomic E-state index is 2.66. The zero-order valence-corrected chi connectivity index (χ0v) is 23.3. The van der Waals surface area contributed by atoms with Crippen molar-refractivity contribution in [1.82, 2.24) is 0 Å². The van der Waals surface area contributed by atoms with Crippen LogP contribution < -0.4 is 24.8 Å². The van der Waals surface area contributed by atoms with Crippen molar-refractivity contribution in [2.24, 2.45) is 0 Å². The Kier molecular flexibility index (Phi) is 17.3. The molecule has 2 aliphatic rings. The molecule has 0 aromatic rings. The topological polar surface area (TPSA) is 0 Å². The van der Waals surface area contributed by atoms with Crippen molar-refractivity contribution in [2.75, 3.05) is 0 Å². The summed E-state index contributed by atoms with van der Waals surface area (Å²) in [6.45, 7) is 9.35. The summed E-state index contributed by atoms with van der Waals surface area (Å²) in [7, 11) is 0. The summed E-state index contributed by atoms with van der Waals surface area (Å²) in [6, 6.07) is 0. The van der Waals surface area contributed by atoms with E-state index in [1.165, 1.54) is 89.9 Å². The Morgan fingerprint density at radius 2 is 0.931 bits per heavy atom. The van der Waals surface area contributed by atoms with Crippen LogP contribution in [0.3, 0.4) is 0 Å². The Morgan fingerprint density at radius 1 is 0.586 bits per heavy atom. The van der Waals surface area contributed by atoms with E-state index in [-0.39, 0.29) is 24.8 Å². The largest absolute Gasteiger partial charge is 1.00 e. The molecule has 0 radical (unpaired) electrons. The van der Waals surface area contributed by atoms with E-state index in [0.29, 0.717) is 0 Å². The van der Waals surface area contributed by atoms with Crippen LogP contribution in [0.15, 0.2) is 41.0 Å². The molecule has 29 heavy (non-hydrogen) atoms. The molecule has 0 amide bonds. The molecule has 0 saturated heterocycles. The van der Waals surface area contributed by atoms with E-state index < -0.39 is 23.2 Å². The zero-order chi connectivity index (χ0) is 19.5. The predicted molar refractivity (Wildman–Crippen MR) is 118 cm³/mol. The van der Waals surface area contributed by atoms with Crippen LogP contribution in [-0.4, -0.2) is 0 Å². The zero-order valence-electron chi connectivity index (χ0n) is 19.3. The molecule has 0 spiro atoms. The predicted octanol–water partition coefficient (Wildman–Crippen LogP) is 3.01. The van der Waals surface area contributed by atoms with Crippen LogP contribution in [0.2, 0.25) is 0 Å². The van der Waals surface area contributed by atoms with Gasteiger partial charge in [0.1, 0.15) is 0 Å². The van der Waals surface area contributed by atoms with E-state index in [2.05, 4.69) is 39.8 Å². The minimum atomic E-state index is -0.627. The maximum Gasteiger partial charge on any atom is -1.00 e. The molecule has 2 rings (SSSR count). The fourth-order valence-corrected chi connectivity index (χ4v) is 8.28. The second kappa shape index (κ2) is 17.0. The van der Waals surface area contributed by atoms with Crippen LogP contribution in [0.4, 0.5) is 0 Å². The standard InChI is InChI=1S/2C13H21.2ClH.Zr/c2*1-3-5-8-12-10-7-11-13(12)9-6-4-2;;;/h2*7H,3-6,8-10H2,1-2H3;2*1H;/q;;;;+2/p-2. The fourth-order valence-electron chi connectivity index (χ4n) is 4.34. The third-order valence-electron chi connectivity index (χ3n) is 6.10. The monoisotopic (exact) mass is 514 g/mol. The molecule has 0 aliphatic heterocycles. The maximum atomic E-state index is 2.66. The van der Waals surface area contributed by atoms with Crippen LogP contribution in [0.25, 0.3) is 0 Å². The van der Waals surface area contributed by atoms with Gasteiger partial charge in [0.25, 0.3) is 0 Å². The van der Waals surface area contributed by atoms with Gasteiger partial charge in [-0.2, -0.15) is 0 Å². The third-order valence-corrected chi connectivity index (χ3v) is 9.91. The molecule has 0 bridgehead atoms. The van der Waals surface area contributed by atoms with Gasteiger partial charge in [0.15, 0.2) is 0 Å². The van der Waals surface area contributed by atoms with E-state index >= 15 is 0 Å². The second-order valence-corrected chi connectivity index (χ2v) is 11.6. The summed E-state index contributed by atoms with van der Waals surface area (Å²) in [6.07, 6.45) is 24.1. The van der Waals surface area contributed by atoms with Crippen LogP contribution in [0, 0.1) is 0 Å². The summed E-state index contributed by atoms with van der Waals surface area (Å²) in [5.74, 6) is 0. The van der Waals surface area contributed by atoms with Crippen LogP contribution in [0.1, 0.15) is 118 Å². The van der Waals surface area contributed by atoms with Crippen LogP contribution in [0.5, 0.6) is 0 Å². The number of unbranched alkanes of at least 4 members (excludes halogenated alkanes) is 4. The first-order valence-electron chi connectivity index (χ1n) is 11.8. The van der Waals surface area contributed by atoms with Crippen molar-refractivity contribution in [1.29, 1.82) is 0 Å². The molecule has 0 aromatic carbocycles. The Bertz CT molecular complexity index is 544. The molecule has 0 N–H and O–H groups in total. The average molecular weight is 517 g/mol. The van der Waals surface area contributed by atoms with E-state index in [0.717, 1.165) is 0 Å². The van der Waals surface area contributed by atoms with Gasteiger partial charge in [-0.3, -0.25) is 0 Å². The van der Waals surface area contributed by atoms with Gasteiger partial charge >= 0.3 is 182 Å². The third kappa shape index (κ3) is 9.21. The normalized spacial score (nSPS) is 15.7. The number of halogens is 2. The van der Waals surface area contributed by atoms with Gasteiger partial charge in [-0.05, 0) is 0 Å². The molecule has 0 fully saturated rings. The molecular weight excluding hydrogens is 474 g/mol. The van der Waals surface area contributed by atoms with Gasteiger partial charge in [-0.1, -0.05) is 0 Å². The number of hydrogen-bond acceptors (Lipinski definition) is 0. The summed E-state index contributed by atoms with van der Waals surface area (Å²) < 4.78 is 3.71. The van der Waals surface area contributed by atoms with Gasteiger partial charge < -0.3 is 24.8 Å². The fraction of sp³-hybridized carbons (Fsp3) is 0.692. The Morgan fingerprint density at radius 3 is 1.28 bits per heavy atom. The van der Waals surface area contributed by atoms with Crippen molar-refractivity contribution in [3.05, 3.63) is 41.0 Å². The summed E-state index contributed by atoms with van der Waals surface area (Å²) in [4.78, 5) is 0. The molecule has 0 heterocycles. The van der Waals surface area contributed by atoms with E-state index in [1.807, 2.05) is 28.9 Å². The Hall–Kier alpha value is 0.423. The first-order chi connectivity index (χ1) is 13.2. The minimum Gasteiger partial charge on any atom is -1.00 e. The van der Waals surface area contributed by atoms with Gasteiger partial charge in [-0.25, -0.2) is 0 Å². The summed E-state index contributed by atoms with van der Waals surface area (Å²) in [5.41, 5.74) is 7.28. The number of hydrogen-bond donors (Lipinski definition) is 0. The van der Waals surface area contributed by atoms with Gasteiger partial charge in [0.05, 0.1) is 0 Å². The Labute approximate surface area is 205 Å². The van der Waals surface area contributed by atoms with Crippen molar-refractivity contribution < 1.29 is 48.0 Å². The summed E-state index contributed by atoms with van der Waals surface area (Å²) in [5, 5.41) is 0. The van der Waals surface area contributed by atoms with Crippen LogP contribution >= 0.6 is 0 Å². The van der Waals surface area contributed by atoms with Crippen molar-refractivity contribution >= 4 is 0 Å². The smallest absolute Gasteiger partial charge is 1.00 e. The minimum absolute atomic E-state index is 0. The van der Waals surface area contributed by atoms with E-state index in [9.17, 15) is 0 Å². The molecule has 2 aliphatic carbocycles. The average Bonchev–Trinajstić information content (AvgIpc) is 3.25. The molecule has 164 valence electrons. The van der Waals surface area contributed by atoms with E-state index in [4.69, 9.17) is 0 Å². The van der Waals surface area contributed by atoms with E-state index in [1.54, 1.807) is 0 Å². The molecule has 0 aromatic heterocycles. The second-order valence-electron chi connectivity index (χ2n) is 8.35. The first-order valence-corrected chi connectivity index (χ1v) is 14.3. The van der Waals surface area contributed by atoms with Crippen molar-refractivity contribution in [2.45, 2.75) is 118 Å². The molecule has 0 atom stereocenters. The number of allylic oxidation sites excluding steroid dienone is 8. The van der Waals surface area contributed by atoms with Crippen LogP contribution in [-0.2, 0) is 23.2 Å². The van der Waals surface area contributed by atoms with Gasteiger partial charge in [0, 0.05) is 0 Å². The van der Waals surface area contributed by atoms with Gasteiger partial charge in [-0.15, -0.1) is 0 Å². The van der Waals surface area contributed by atoms with Crippen molar-refractivity contribution in [3.63, 3.8) is 0 Å². The van der Waals surface area contributed by atoms with Gasteiger partial charge in [0.2, 0.25) is 0 Å². The molecule has 3 heteroatoms. The molecule has 0 unspecified atom stereocenters. The first kappa shape index (κ1) is 29.4. The SMILES string of the molecule is CCCCC1=C(CCCC)[C]([Zr+2][C]2=CCC(CCCC)=C2CCCC)=CC1.[Cl-].[Cl-]. The quantitative estimate of drug-likeness (QED) is 0.333. The van der Waals surface area contributed by atoms with Crippen molar-refractivity contribution in [3.8, 4) is 0 Å².